The fourth-order valence-electron chi connectivity index (χ4n) is 8.54. The SMILES string of the molecule is c1ccc(-n2c3ccccc3c3cc4c5ccccc5n(-c5nc(-c6ccc7sc8c9ccccc9ccc8c7c6)c6ccccc6n5)c4cc32)cc1. The molecular formula is C48H28N4S. The van der Waals surface area contributed by atoms with Crippen molar-refractivity contribution in [2.75, 3.05) is 0 Å². The van der Waals surface area contributed by atoms with Crippen molar-refractivity contribution in [3.05, 3.63) is 170 Å². The molecule has 53 heavy (non-hydrogen) atoms. The van der Waals surface area contributed by atoms with Gasteiger partial charge in [0.15, 0.2) is 0 Å². The number of hydrogen-bond donors (Lipinski definition) is 0. The second-order valence-corrected chi connectivity index (χ2v) is 14.8. The standard InChI is InChI=1S/C48H28N4S/c1-2-13-31(14-3-1)51-41-20-10-7-16-33(41)37-27-38-34-17-8-11-21-42(34)52(44(38)28-43(37)51)48-49-40-19-9-6-18-36(40)46(50-48)30-23-25-45-39(26-30)35-24-22-29-12-4-5-15-32(29)47(35)53-45/h1-28H. The number of thiophene rings is 1. The largest absolute Gasteiger partial charge is 0.309 e. The lowest BCUT2D eigenvalue weighted by Crippen LogP contribution is -2.03. The van der Waals surface area contributed by atoms with Gasteiger partial charge in [0.25, 0.3) is 0 Å². The minimum atomic E-state index is 0.660. The molecule has 0 atom stereocenters. The molecule has 12 rings (SSSR count). The van der Waals surface area contributed by atoms with E-state index < -0.39 is 0 Å². The smallest absolute Gasteiger partial charge is 0.235 e. The second-order valence-electron chi connectivity index (χ2n) is 13.8. The van der Waals surface area contributed by atoms with Crippen LogP contribution < -0.4 is 0 Å². The molecular weight excluding hydrogens is 665 g/mol. The number of para-hydroxylation sites is 4. The van der Waals surface area contributed by atoms with Gasteiger partial charge in [0.05, 0.1) is 33.3 Å². The molecule has 4 aromatic heterocycles. The van der Waals surface area contributed by atoms with Crippen LogP contribution in [0.15, 0.2) is 170 Å². The zero-order valence-electron chi connectivity index (χ0n) is 28.4. The molecule has 5 heteroatoms. The maximum Gasteiger partial charge on any atom is 0.235 e. The van der Waals surface area contributed by atoms with Gasteiger partial charge in [-0.05, 0) is 65.4 Å². The molecule has 0 spiro atoms. The maximum atomic E-state index is 5.49. The number of benzene rings is 8. The molecule has 8 aromatic carbocycles. The lowest BCUT2D eigenvalue weighted by molar-refractivity contribution is 1.01. The van der Waals surface area contributed by atoms with Crippen molar-refractivity contribution in [2.24, 2.45) is 0 Å². The maximum absolute atomic E-state index is 5.49. The van der Waals surface area contributed by atoms with Crippen molar-refractivity contribution in [2.45, 2.75) is 0 Å². The van der Waals surface area contributed by atoms with Gasteiger partial charge >= 0.3 is 0 Å². The average Bonchev–Trinajstić information content (AvgIpc) is 3.87. The molecule has 0 fully saturated rings. The molecule has 0 saturated carbocycles. The van der Waals surface area contributed by atoms with E-state index in [0.717, 1.165) is 44.4 Å². The summed E-state index contributed by atoms with van der Waals surface area (Å²) < 4.78 is 7.24. The first-order chi connectivity index (χ1) is 26.3. The fourth-order valence-corrected chi connectivity index (χ4v) is 9.76. The Labute approximate surface area is 307 Å². The summed E-state index contributed by atoms with van der Waals surface area (Å²) in [4.78, 5) is 10.8. The Morgan fingerprint density at radius 1 is 0.396 bits per heavy atom. The van der Waals surface area contributed by atoms with Crippen molar-refractivity contribution in [3.8, 4) is 22.9 Å². The Morgan fingerprint density at radius 3 is 1.87 bits per heavy atom. The van der Waals surface area contributed by atoms with Gasteiger partial charge in [-0.25, -0.2) is 9.97 Å². The Hall–Kier alpha value is -6.82. The van der Waals surface area contributed by atoms with Gasteiger partial charge in [-0.3, -0.25) is 4.57 Å². The number of aromatic nitrogens is 4. The molecule has 0 N–H and O–H groups in total. The Balaban J connectivity index is 1.15. The number of rotatable bonds is 3. The molecule has 0 aliphatic rings. The highest BCUT2D eigenvalue weighted by Crippen LogP contribution is 2.42. The molecule has 0 amide bonds. The number of hydrogen-bond acceptors (Lipinski definition) is 3. The zero-order chi connectivity index (χ0) is 34.6. The molecule has 0 saturated heterocycles. The van der Waals surface area contributed by atoms with Crippen molar-refractivity contribution < 1.29 is 0 Å². The van der Waals surface area contributed by atoms with E-state index in [1.54, 1.807) is 0 Å². The van der Waals surface area contributed by atoms with Crippen LogP contribution in [0.25, 0.3) is 108 Å². The minimum Gasteiger partial charge on any atom is -0.309 e. The van der Waals surface area contributed by atoms with Gasteiger partial charge in [-0.2, -0.15) is 0 Å². The topological polar surface area (TPSA) is 35.6 Å². The molecule has 12 aromatic rings. The first-order valence-electron chi connectivity index (χ1n) is 17.9. The quantitative estimate of drug-likeness (QED) is 0.185. The van der Waals surface area contributed by atoms with Crippen molar-refractivity contribution >= 4 is 96.8 Å². The van der Waals surface area contributed by atoms with Crippen LogP contribution in [0.4, 0.5) is 0 Å². The van der Waals surface area contributed by atoms with Crippen LogP contribution in [0.3, 0.4) is 0 Å². The van der Waals surface area contributed by atoms with Crippen LogP contribution >= 0.6 is 11.3 Å². The van der Waals surface area contributed by atoms with Crippen LogP contribution in [0.1, 0.15) is 0 Å². The molecule has 246 valence electrons. The van der Waals surface area contributed by atoms with E-state index in [2.05, 4.69) is 179 Å². The van der Waals surface area contributed by atoms with Crippen molar-refractivity contribution in [3.63, 3.8) is 0 Å². The molecule has 0 aliphatic heterocycles. The number of nitrogens with zero attached hydrogens (tertiary/aromatic N) is 4. The summed E-state index contributed by atoms with van der Waals surface area (Å²) in [6, 6.07) is 61.1. The third-order valence-electron chi connectivity index (χ3n) is 10.9. The third kappa shape index (κ3) is 4.11. The van der Waals surface area contributed by atoms with E-state index in [1.165, 1.54) is 58.0 Å². The van der Waals surface area contributed by atoms with Crippen LogP contribution in [0, 0.1) is 0 Å². The van der Waals surface area contributed by atoms with E-state index in [9.17, 15) is 0 Å². The van der Waals surface area contributed by atoms with E-state index >= 15 is 0 Å². The van der Waals surface area contributed by atoms with Crippen LogP contribution in [-0.2, 0) is 0 Å². The Morgan fingerprint density at radius 2 is 1.06 bits per heavy atom. The molecule has 0 bridgehead atoms. The Bertz CT molecular complexity index is 3460. The summed E-state index contributed by atoms with van der Waals surface area (Å²) in [7, 11) is 0. The summed E-state index contributed by atoms with van der Waals surface area (Å²) >= 11 is 1.87. The van der Waals surface area contributed by atoms with Gasteiger partial charge in [0, 0.05) is 58.4 Å². The fraction of sp³-hybridized carbons (Fsp3) is 0. The van der Waals surface area contributed by atoms with Crippen LogP contribution in [0.2, 0.25) is 0 Å². The molecule has 0 radical (unpaired) electrons. The summed E-state index contributed by atoms with van der Waals surface area (Å²) in [5, 5.41) is 11.0. The van der Waals surface area contributed by atoms with Crippen molar-refractivity contribution in [1.82, 2.24) is 19.1 Å². The van der Waals surface area contributed by atoms with E-state index in [4.69, 9.17) is 9.97 Å². The predicted octanol–water partition coefficient (Wildman–Crippen LogP) is 13.0. The third-order valence-corrected chi connectivity index (χ3v) is 12.1. The average molecular weight is 693 g/mol. The Kier molecular flexibility index (Phi) is 5.90. The van der Waals surface area contributed by atoms with E-state index in [1.807, 2.05) is 11.3 Å². The minimum absolute atomic E-state index is 0.660. The van der Waals surface area contributed by atoms with E-state index in [-0.39, 0.29) is 0 Å². The first-order valence-corrected chi connectivity index (χ1v) is 18.7. The molecule has 4 nitrogen and oxygen atoms in total. The summed E-state index contributed by atoms with van der Waals surface area (Å²) in [6.45, 7) is 0. The monoisotopic (exact) mass is 692 g/mol. The van der Waals surface area contributed by atoms with Crippen LogP contribution in [0.5, 0.6) is 0 Å². The van der Waals surface area contributed by atoms with Gasteiger partial charge in [-0.1, -0.05) is 115 Å². The van der Waals surface area contributed by atoms with Gasteiger partial charge < -0.3 is 4.57 Å². The van der Waals surface area contributed by atoms with Gasteiger partial charge in [0.1, 0.15) is 0 Å². The van der Waals surface area contributed by atoms with Gasteiger partial charge in [-0.15, -0.1) is 11.3 Å². The number of fused-ring (bicyclic) bond motifs is 12. The van der Waals surface area contributed by atoms with Crippen LogP contribution in [-0.4, -0.2) is 19.1 Å². The van der Waals surface area contributed by atoms with Gasteiger partial charge in [0.2, 0.25) is 5.95 Å². The highest BCUT2D eigenvalue weighted by atomic mass is 32.1. The molecule has 4 heterocycles. The van der Waals surface area contributed by atoms with Crippen molar-refractivity contribution in [1.29, 1.82) is 0 Å². The summed E-state index contributed by atoms with van der Waals surface area (Å²) in [5.74, 6) is 0.660. The first kappa shape index (κ1) is 28.8. The summed E-state index contributed by atoms with van der Waals surface area (Å²) in [5.41, 5.74) is 8.55. The van der Waals surface area contributed by atoms with E-state index in [0.29, 0.717) is 5.95 Å². The zero-order valence-corrected chi connectivity index (χ0v) is 29.2. The normalized spacial score (nSPS) is 12.2. The lowest BCUT2D eigenvalue weighted by atomic mass is 10.0. The molecule has 0 aliphatic carbocycles. The lowest BCUT2D eigenvalue weighted by Gasteiger charge is -2.12. The highest BCUT2D eigenvalue weighted by molar-refractivity contribution is 7.26. The second kappa shape index (κ2) is 10.8. The summed E-state index contributed by atoms with van der Waals surface area (Å²) in [6.07, 6.45) is 0. The highest BCUT2D eigenvalue weighted by Gasteiger charge is 2.21. The predicted molar refractivity (Wildman–Crippen MR) is 224 cm³/mol. The molecule has 0 unspecified atom stereocenters.